The summed E-state index contributed by atoms with van der Waals surface area (Å²) in [6, 6.07) is 3.03. The number of halogens is 4. The van der Waals surface area contributed by atoms with Crippen molar-refractivity contribution >= 4 is 56.6 Å². The van der Waals surface area contributed by atoms with Gasteiger partial charge in [-0.1, -0.05) is 50.7 Å². The molecule has 0 radical (unpaired) electrons. The summed E-state index contributed by atoms with van der Waals surface area (Å²) in [5.41, 5.74) is 0.466. The van der Waals surface area contributed by atoms with Crippen LogP contribution in [0.1, 0.15) is 15.9 Å². The van der Waals surface area contributed by atoms with E-state index in [4.69, 9.17) is 34.8 Å². The number of carbonyl (C=O) groups excluding carboxylic acids is 1. The Labute approximate surface area is 127 Å². The Morgan fingerprint density at radius 3 is 2.50 bits per heavy atom. The van der Waals surface area contributed by atoms with E-state index in [1.165, 1.54) is 6.07 Å². The molecule has 1 rings (SSSR count). The van der Waals surface area contributed by atoms with Crippen LogP contribution in [-0.2, 0) is 0 Å². The number of aliphatic hydroxyl groups is 1. The minimum absolute atomic E-state index is 0.0322. The zero-order valence-corrected chi connectivity index (χ0v) is 12.9. The maximum absolute atomic E-state index is 11.8. The van der Waals surface area contributed by atoms with Crippen molar-refractivity contribution in [2.75, 3.05) is 0 Å². The van der Waals surface area contributed by atoms with Gasteiger partial charge < -0.3 is 15.5 Å². The van der Waals surface area contributed by atoms with Crippen molar-refractivity contribution in [3.8, 4) is 5.75 Å². The number of carbonyl (C=O) groups is 1. The fourth-order valence-corrected chi connectivity index (χ4v) is 1.93. The van der Waals surface area contributed by atoms with Gasteiger partial charge in [0.1, 0.15) is 5.75 Å². The third-order valence-corrected chi connectivity index (χ3v) is 3.17. The van der Waals surface area contributed by atoms with Crippen LogP contribution in [0.4, 0.5) is 0 Å². The van der Waals surface area contributed by atoms with Crippen molar-refractivity contribution in [2.45, 2.75) is 16.9 Å². The molecule has 0 aliphatic heterocycles. The van der Waals surface area contributed by atoms with Gasteiger partial charge in [-0.2, -0.15) is 0 Å². The first kappa shape index (κ1) is 15.9. The molecule has 0 fully saturated rings. The molecule has 100 valence electrons. The van der Waals surface area contributed by atoms with E-state index in [1.807, 2.05) is 0 Å². The number of aliphatic hydroxyl groups excluding tert-OH is 1. The molecule has 0 saturated heterocycles. The molecule has 0 aliphatic carbocycles. The van der Waals surface area contributed by atoms with Crippen molar-refractivity contribution in [3.63, 3.8) is 0 Å². The average molecular weight is 377 g/mol. The lowest BCUT2D eigenvalue weighted by Crippen LogP contribution is -2.43. The fourth-order valence-electron chi connectivity index (χ4n) is 1.19. The maximum Gasteiger partial charge on any atom is 0.257 e. The van der Waals surface area contributed by atoms with E-state index in [0.29, 0.717) is 10.0 Å². The van der Waals surface area contributed by atoms with Crippen LogP contribution in [0.15, 0.2) is 16.6 Å². The summed E-state index contributed by atoms with van der Waals surface area (Å²) >= 11 is 19.4. The number of phenols is 1. The predicted molar refractivity (Wildman–Crippen MR) is 74.3 cm³/mol. The lowest BCUT2D eigenvalue weighted by molar-refractivity contribution is 0.0789. The molecule has 8 heteroatoms. The second-order valence-corrected chi connectivity index (χ2v) is 6.82. The first-order valence-electron chi connectivity index (χ1n) is 4.67. The molecule has 0 saturated carbocycles. The zero-order valence-electron chi connectivity index (χ0n) is 9.05. The van der Waals surface area contributed by atoms with E-state index in [9.17, 15) is 15.0 Å². The third-order valence-electron chi connectivity index (χ3n) is 2.09. The smallest absolute Gasteiger partial charge is 0.257 e. The van der Waals surface area contributed by atoms with E-state index < -0.39 is 15.9 Å². The van der Waals surface area contributed by atoms with Gasteiger partial charge in [-0.25, -0.2) is 0 Å². The second kappa shape index (κ2) is 5.84. The van der Waals surface area contributed by atoms with E-state index in [1.54, 1.807) is 13.0 Å². The highest BCUT2D eigenvalue weighted by atomic mass is 79.9. The van der Waals surface area contributed by atoms with Crippen LogP contribution < -0.4 is 5.32 Å². The summed E-state index contributed by atoms with van der Waals surface area (Å²) in [5, 5.41) is 21.2. The van der Waals surface area contributed by atoms with Gasteiger partial charge in [-0.15, -0.1) is 0 Å². The zero-order chi connectivity index (χ0) is 14.1. The highest BCUT2D eigenvalue weighted by Crippen LogP contribution is 2.30. The summed E-state index contributed by atoms with van der Waals surface area (Å²) in [7, 11) is 0. The Bertz CT molecular complexity index is 476. The standard InChI is InChI=1S/C10H9BrCl3NO3/c1-4-2-5(11)3-6(7(4)16)8(17)15-9(18)10(12,13)14/h2-3,9,16,18H,1H3,(H,15,17). The number of hydrogen-bond donors (Lipinski definition) is 3. The molecular weight excluding hydrogens is 368 g/mol. The molecule has 0 heterocycles. The number of nitrogens with one attached hydrogen (secondary N) is 1. The summed E-state index contributed by atoms with van der Waals surface area (Å²) in [6.07, 6.45) is -1.69. The highest BCUT2D eigenvalue weighted by molar-refractivity contribution is 9.10. The number of phenolic OH excluding ortho intramolecular Hbond substituents is 1. The van der Waals surface area contributed by atoms with Crippen molar-refractivity contribution in [1.82, 2.24) is 5.32 Å². The molecule has 3 N–H and O–H groups in total. The van der Waals surface area contributed by atoms with Gasteiger partial charge in [0.25, 0.3) is 5.91 Å². The summed E-state index contributed by atoms with van der Waals surface area (Å²) in [4.78, 5) is 11.8. The largest absolute Gasteiger partial charge is 0.507 e. The third kappa shape index (κ3) is 3.90. The SMILES string of the molecule is Cc1cc(Br)cc(C(=O)NC(O)C(Cl)(Cl)Cl)c1O. The van der Waals surface area contributed by atoms with Crippen molar-refractivity contribution in [1.29, 1.82) is 0 Å². The first-order valence-corrected chi connectivity index (χ1v) is 6.60. The maximum atomic E-state index is 11.8. The molecule has 0 spiro atoms. The normalized spacial score (nSPS) is 13.2. The molecule has 1 aromatic carbocycles. The van der Waals surface area contributed by atoms with Gasteiger partial charge in [0, 0.05) is 4.47 Å². The minimum atomic E-state index is -2.05. The minimum Gasteiger partial charge on any atom is -0.507 e. The molecule has 1 aromatic rings. The van der Waals surface area contributed by atoms with Gasteiger partial charge in [0.2, 0.25) is 3.79 Å². The summed E-state index contributed by atoms with van der Waals surface area (Å²) in [6.45, 7) is 1.63. The van der Waals surface area contributed by atoms with E-state index >= 15 is 0 Å². The lowest BCUT2D eigenvalue weighted by atomic mass is 10.1. The first-order chi connectivity index (χ1) is 8.12. The van der Waals surface area contributed by atoms with Crippen molar-refractivity contribution in [2.24, 2.45) is 0 Å². The number of hydrogen-bond acceptors (Lipinski definition) is 3. The number of benzene rings is 1. The second-order valence-electron chi connectivity index (χ2n) is 3.54. The Hall–Kier alpha value is -0.200. The van der Waals surface area contributed by atoms with Crippen LogP contribution in [0, 0.1) is 6.92 Å². The van der Waals surface area contributed by atoms with E-state index in [-0.39, 0.29) is 11.3 Å². The van der Waals surface area contributed by atoms with Gasteiger partial charge in [-0.05, 0) is 24.6 Å². The van der Waals surface area contributed by atoms with Gasteiger partial charge in [-0.3, -0.25) is 4.79 Å². The summed E-state index contributed by atoms with van der Waals surface area (Å²) in [5.74, 6) is -0.956. The summed E-state index contributed by atoms with van der Waals surface area (Å²) < 4.78 is -1.45. The molecule has 1 amide bonds. The van der Waals surface area contributed by atoms with Crippen LogP contribution in [0.25, 0.3) is 0 Å². The average Bonchev–Trinajstić information content (AvgIpc) is 2.21. The van der Waals surface area contributed by atoms with Crippen molar-refractivity contribution in [3.05, 3.63) is 27.7 Å². The van der Waals surface area contributed by atoms with Crippen LogP contribution in [0.2, 0.25) is 0 Å². The molecule has 0 bridgehead atoms. The monoisotopic (exact) mass is 375 g/mol. The van der Waals surface area contributed by atoms with Crippen LogP contribution in [-0.4, -0.2) is 26.1 Å². The Morgan fingerprint density at radius 2 is 2.00 bits per heavy atom. The number of aryl methyl sites for hydroxylation is 1. The number of alkyl halides is 3. The number of rotatable bonds is 2. The predicted octanol–water partition coefficient (Wildman–Crippen LogP) is 2.88. The Balaban J connectivity index is 2.99. The van der Waals surface area contributed by atoms with Crippen LogP contribution >= 0.6 is 50.7 Å². The fraction of sp³-hybridized carbons (Fsp3) is 0.300. The Kier molecular flexibility index (Phi) is 5.14. The molecule has 1 atom stereocenters. The lowest BCUT2D eigenvalue weighted by Gasteiger charge is -2.20. The molecule has 0 aromatic heterocycles. The quantitative estimate of drug-likeness (QED) is 0.548. The Morgan fingerprint density at radius 1 is 1.44 bits per heavy atom. The van der Waals surface area contributed by atoms with Crippen LogP contribution in [0.5, 0.6) is 5.75 Å². The van der Waals surface area contributed by atoms with E-state index in [2.05, 4.69) is 21.2 Å². The number of aromatic hydroxyl groups is 1. The van der Waals surface area contributed by atoms with E-state index in [0.717, 1.165) is 0 Å². The molecule has 4 nitrogen and oxygen atoms in total. The topological polar surface area (TPSA) is 69.6 Å². The van der Waals surface area contributed by atoms with Gasteiger partial charge in [0.05, 0.1) is 5.56 Å². The van der Waals surface area contributed by atoms with Crippen molar-refractivity contribution < 1.29 is 15.0 Å². The van der Waals surface area contributed by atoms with Gasteiger partial charge >= 0.3 is 0 Å². The highest BCUT2D eigenvalue weighted by Gasteiger charge is 2.32. The van der Waals surface area contributed by atoms with Gasteiger partial charge in [0.15, 0.2) is 6.23 Å². The molecular formula is C10H9BrCl3NO3. The number of amides is 1. The molecule has 1 unspecified atom stereocenters. The van der Waals surface area contributed by atoms with Crippen LogP contribution in [0.3, 0.4) is 0 Å². The molecule has 18 heavy (non-hydrogen) atoms. The molecule has 0 aliphatic rings.